The molecule has 166 valence electrons. The Labute approximate surface area is 190 Å². The van der Waals surface area contributed by atoms with E-state index in [0.29, 0.717) is 30.3 Å². The summed E-state index contributed by atoms with van der Waals surface area (Å²) in [6.45, 7) is 3.47. The molecule has 2 aliphatic rings. The smallest absolute Gasteiger partial charge is 0.291 e. The van der Waals surface area contributed by atoms with Crippen LogP contribution in [0, 0.1) is 0 Å². The summed E-state index contributed by atoms with van der Waals surface area (Å²) in [5.41, 5.74) is 0.709. The first kappa shape index (κ1) is 21.3. The van der Waals surface area contributed by atoms with E-state index in [-0.39, 0.29) is 26.8 Å². The third kappa shape index (κ3) is 4.51. The van der Waals surface area contributed by atoms with Crippen molar-refractivity contribution in [2.24, 2.45) is 0 Å². The van der Waals surface area contributed by atoms with E-state index in [0.717, 1.165) is 41.9 Å². The number of hydrogen-bond donors (Lipinski definition) is 1. The maximum Gasteiger partial charge on any atom is 0.291 e. The molecule has 1 aliphatic heterocycles. The summed E-state index contributed by atoms with van der Waals surface area (Å²) in [6, 6.07) is 1.94. The number of hydrogen-bond acceptors (Lipinski definition) is 8. The summed E-state index contributed by atoms with van der Waals surface area (Å²) in [5, 5.41) is 7.64. The summed E-state index contributed by atoms with van der Waals surface area (Å²) in [6.07, 6.45) is 3.00. The number of nitrogens with one attached hydrogen (secondary N) is 1. The van der Waals surface area contributed by atoms with Crippen LogP contribution < -0.4 is 9.46 Å². The van der Waals surface area contributed by atoms with Crippen molar-refractivity contribution >= 4 is 40.4 Å². The van der Waals surface area contributed by atoms with Crippen molar-refractivity contribution in [3.8, 4) is 16.6 Å². The number of aromatic nitrogens is 4. The molecule has 4 heterocycles. The van der Waals surface area contributed by atoms with Gasteiger partial charge in [-0.1, -0.05) is 22.9 Å². The Morgan fingerprint density at radius 1 is 1.35 bits per heavy atom. The van der Waals surface area contributed by atoms with Gasteiger partial charge in [0.05, 0.1) is 13.2 Å². The molecule has 7 nitrogen and oxygen atoms in total. The molecule has 0 unspecified atom stereocenters. The molecule has 5 rings (SSSR count). The topological polar surface area (TPSA) is 73.6 Å². The molecule has 0 radical (unpaired) electrons. The van der Waals surface area contributed by atoms with Crippen LogP contribution in [0.5, 0.6) is 5.75 Å². The Balaban J connectivity index is 1.56. The highest BCUT2D eigenvalue weighted by Crippen LogP contribution is 2.40. The first-order valence-corrected chi connectivity index (χ1v) is 11.9. The minimum absolute atomic E-state index is 0.00749. The van der Waals surface area contributed by atoms with Crippen molar-refractivity contribution in [3.63, 3.8) is 0 Å². The monoisotopic (exact) mass is 487 g/mol. The standard InChI is InChI=1S/C19H20ClF2N5O2S2/c1-19(4-5-19)26-31-11-8-12(29-10-2-6-28-7-3-10)13-14(20)23-16(27(13)9-11)18-25-24-17(30-18)15(21)22/h8-10,15,26H,2-7H2,1H3. The number of fused-ring (bicyclic) bond motifs is 1. The van der Waals surface area contributed by atoms with Crippen LogP contribution in [0.3, 0.4) is 0 Å². The molecule has 31 heavy (non-hydrogen) atoms. The zero-order valence-electron chi connectivity index (χ0n) is 16.6. The van der Waals surface area contributed by atoms with Crippen molar-refractivity contribution in [1.82, 2.24) is 24.3 Å². The van der Waals surface area contributed by atoms with E-state index >= 15 is 0 Å². The Bertz CT molecular complexity index is 1100. The molecule has 12 heteroatoms. The molecular weight excluding hydrogens is 468 g/mol. The van der Waals surface area contributed by atoms with Crippen LogP contribution in [-0.4, -0.2) is 44.4 Å². The summed E-state index contributed by atoms with van der Waals surface area (Å²) in [5.74, 6) is 0.961. The van der Waals surface area contributed by atoms with Gasteiger partial charge >= 0.3 is 0 Å². The van der Waals surface area contributed by atoms with E-state index in [2.05, 4.69) is 26.8 Å². The normalized spacial score (nSPS) is 18.7. The van der Waals surface area contributed by atoms with Gasteiger partial charge in [0.25, 0.3) is 6.43 Å². The van der Waals surface area contributed by atoms with Crippen molar-refractivity contribution in [1.29, 1.82) is 0 Å². The molecule has 0 aromatic carbocycles. The predicted molar refractivity (Wildman–Crippen MR) is 115 cm³/mol. The maximum absolute atomic E-state index is 13.0. The fraction of sp³-hybridized carbons (Fsp3) is 0.526. The number of imidazole rings is 1. The molecule has 2 fully saturated rings. The molecule has 3 aromatic heterocycles. The van der Waals surface area contributed by atoms with E-state index < -0.39 is 6.43 Å². The molecule has 1 saturated heterocycles. The average molecular weight is 488 g/mol. The summed E-state index contributed by atoms with van der Waals surface area (Å²) < 4.78 is 43.0. The van der Waals surface area contributed by atoms with Gasteiger partial charge in [-0.05, 0) is 37.8 Å². The molecule has 3 aromatic rings. The number of alkyl halides is 2. The van der Waals surface area contributed by atoms with Gasteiger partial charge in [0.1, 0.15) is 17.4 Å². The Kier molecular flexibility index (Phi) is 5.80. The lowest BCUT2D eigenvalue weighted by atomic mass is 10.1. The molecule has 1 aliphatic carbocycles. The van der Waals surface area contributed by atoms with Crippen LogP contribution in [0.25, 0.3) is 16.3 Å². The van der Waals surface area contributed by atoms with Crippen LogP contribution >= 0.6 is 34.9 Å². The molecular formula is C19H20ClF2N5O2S2. The van der Waals surface area contributed by atoms with E-state index in [9.17, 15) is 8.78 Å². The molecule has 0 atom stereocenters. The van der Waals surface area contributed by atoms with E-state index in [4.69, 9.17) is 21.1 Å². The second-order valence-corrected chi connectivity index (χ2v) is 10.2. The van der Waals surface area contributed by atoms with Gasteiger partial charge in [-0.3, -0.25) is 9.12 Å². The van der Waals surface area contributed by atoms with E-state index in [1.165, 1.54) is 11.9 Å². The van der Waals surface area contributed by atoms with Crippen LogP contribution in [0.4, 0.5) is 8.78 Å². The van der Waals surface area contributed by atoms with Crippen molar-refractivity contribution in [2.45, 2.75) is 55.6 Å². The molecule has 1 saturated carbocycles. The van der Waals surface area contributed by atoms with Gasteiger partial charge < -0.3 is 9.47 Å². The Hall–Kier alpha value is -1.53. The quantitative estimate of drug-likeness (QED) is 0.462. The number of ether oxygens (including phenoxy) is 2. The van der Waals surface area contributed by atoms with Crippen LogP contribution in [-0.2, 0) is 4.74 Å². The highest BCUT2D eigenvalue weighted by Gasteiger charge is 2.37. The largest absolute Gasteiger partial charge is 0.488 e. The number of nitrogens with zero attached hydrogens (tertiary/aromatic N) is 4. The molecule has 0 amide bonds. The Morgan fingerprint density at radius 3 is 2.81 bits per heavy atom. The lowest BCUT2D eigenvalue weighted by Gasteiger charge is -2.24. The predicted octanol–water partition coefficient (Wildman–Crippen LogP) is 5.15. The van der Waals surface area contributed by atoms with Gasteiger partial charge in [-0.2, -0.15) is 0 Å². The zero-order valence-corrected chi connectivity index (χ0v) is 19.0. The lowest BCUT2D eigenvalue weighted by Crippen LogP contribution is -2.26. The molecule has 0 spiro atoms. The SMILES string of the molecule is CC1(NSc2cc(OC3CCOCC3)c3c(Cl)nc(-c4nnc(C(F)F)s4)n3c2)CC1. The molecule has 0 bridgehead atoms. The first-order chi connectivity index (χ1) is 14.9. The minimum atomic E-state index is -2.69. The second-order valence-electron chi connectivity index (χ2n) is 7.93. The van der Waals surface area contributed by atoms with Crippen molar-refractivity contribution < 1.29 is 18.3 Å². The van der Waals surface area contributed by atoms with Gasteiger partial charge in [-0.15, -0.1) is 10.2 Å². The number of rotatable bonds is 7. The van der Waals surface area contributed by atoms with Crippen LogP contribution in [0.15, 0.2) is 17.2 Å². The van der Waals surface area contributed by atoms with Gasteiger partial charge in [-0.25, -0.2) is 13.8 Å². The lowest BCUT2D eigenvalue weighted by molar-refractivity contribution is 0.0259. The van der Waals surface area contributed by atoms with Gasteiger partial charge in [0.15, 0.2) is 21.0 Å². The highest BCUT2D eigenvalue weighted by atomic mass is 35.5. The Morgan fingerprint density at radius 2 is 2.13 bits per heavy atom. The first-order valence-electron chi connectivity index (χ1n) is 9.94. The highest BCUT2D eigenvalue weighted by molar-refractivity contribution is 7.97. The third-order valence-electron chi connectivity index (χ3n) is 5.33. The summed E-state index contributed by atoms with van der Waals surface area (Å²) in [7, 11) is 0. The minimum Gasteiger partial charge on any atom is -0.488 e. The number of pyridine rings is 1. The van der Waals surface area contributed by atoms with Crippen molar-refractivity contribution in [3.05, 3.63) is 22.4 Å². The van der Waals surface area contributed by atoms with Gasteiger partial charge in [0.2, 0.25) is 0 Å². The fourth-order valence-electron chi connectivity index (χ4n) is 3.27. The third-order valence-corrected chi connectivity index (χ3v) is 7.57. The van der Waals surface area contributed by atoms with Gasteiger partial charge in [0, 0.05) is 29.5 Å². The maximum atomic E-state index is 13.0. The van der Waals surface area contributed by atoms with E-state index in [1.807, 2.05) is 12.3 Å². The average Bonchev–Trinajstić information content (AvgIpc) is 3.15. The van der Waals surface area contributed by atoms with Crippen LogP contribution in [0.2, 0.25) is 5.15 Å². The zero-order chi connectivity index (χ0) is 21.6. The van der Waals surface area contributed by atoms with Crippen LogP contribution in [0.1, 0.15) is 44.0 Å². The second kappa shape index (κ2) is 8.43. The fourth-order valence-corrected chi connectivity index (χ4v) is 5.11. The van der Waals surface area contributed by atoms with E-state index in [1.54, 1.807) is 4.40 Å². The summed E-state index contributed by atoms with van der Waals surface area (Å²) >= 11 is 8.79. The number of halogens is 3. The van der Waals surface area contributed by atoms with Crippen molar-refractivity contribution in [2.75, 3.05) is 13.2 Å². The summed E-state index contributed by atoms with van der Waals surface area (Å²) in [4.78, 5) is 5.31. The molecule has 1 N–H and O–H groups in total.